The summed E-state index contributed by atoms with van der Waals surface area (Å²) in [5.74, 6) is 0. The first-order valence-corrected chi connectivity index (χ1v) is 2.72. The van der Waals surface area contributed by atoms with Crippen molar-refractivity contribution >= 4 is 0 Å². The van der Waals surface area contributed by atoms with E-state index in [-0.39, 0.29) is 50.7 Å². The molecule has 0 aromatic rings. The Morgan fingerprint density at radius 2 is 2.38 bits per heavy atom. The van der Waals surface area contributed by atoms with E-state index in [0.29, 0.717) is 0 Å². The quantitative estimate of drug-likeness (QED) is 0.716. The van der Waals surface area contributed by atoms with Gasteiger partial charge in [0.05, 0.1) is 6.61 Å². The van der Waals surface area contributed by atoms with Crippen LogP contribution in [0.1, 0.15) is 19.3 Å². The summed E-state index contributed by atoms with van der Waals surface area (Å²) in [5.41, 5.74) is 1.22. The normalized spacial score (nSPS) is 17.4. The summed E-state index contributed by atoms with van der Waals surface area (Å²) in [6.07, 6.45) is 5.67. The van der Waals surface area contributed by atoms with E-state index in [9.17, 15) is 0 Å². The third-order valence-electron chi connectivity index (χ3n) is 1.34. The molecule has 0 spiro atoms. The van der Waals surface area contributed by atoms with Crippen molar-refractivity contribution in [3.63, 3.8) is 0 Å². The van der Waals surface area contributed by atoms with Crippen LogP contribution in [-0.2, 0) is 0 Å². The average Bonchev–Trinajstić information content (AvgIpc) is 2.14. The van der Waals surface area contributed by atoms with Gasteiger partial charge in [0, 0.05) is 44.1 Å². The molecule has 0 atom stereocenters. The molecule has 0 aromatic heterocycles. The molecule has 1 N–H and O–H groups in total. The molecule has 0 amide bonds. The summed E-state index contributed by atoms with van der Waals surface area (Å²) in [6, 6.07) is 0. The van der Waals surface area contributed by atoms with Crippen molar-refractivity contribution in [2.75, 3.05) is 6.61 Å². The smallest absolute Gasteiger partial charge is 0.0641 e. The van der Waals surface area contributed by atoms with Gasteiger partial charge >= 0.3 is 0 Å². The molecule has 43 valence electrons. The van der Waals surface area contributed by atoms with Crippen LogP contribution in [0.25, 0.3) is 0 Å². The van der Waals surface area contributed by atoms with Gasteiger partial charge in [-0.25, -0.2) is 0 Å². The molecule has 0 fully saturated rings. The van der Waals surface area contributed by atoms with Crippen LogP contribution >= 0.6 is 0 Å². The number of hydrogen-bond acceptors (Lipinski definition) is 1. The molecule has 2 heteroatoms. The molecule has 0 heterocycles. The number of aliphatic hydroxyl groups excluding tert-OH is 1. The van der Waals surface area contributed by atoms with E-state index in [4.69, 9.17) is 5.11 Å². The van der Waals surface area contributed by atoms with E-state index in [0.717, 1.165) is 6.42 Å². The monoisotopic (exact) mass is 325 g/mol. The molecule has 8 heavy (non-hydrogen) atoms. The summed E-state index contributed by atoms with van der Waals surface area (Å²) in [4.78, 5) is 0. The number of rotatable bonds is 1. The molecular formula is C6H10AcO. The van der Waals surface area contributed by atoms with Gasteiger partial charge < -0.3 is 5.11 Å². The van der Waals surface area contributed by atoms with Gasteiger partial charge in [-0.2, -0.15) is 0 Å². The van der Waals surface area contributed by atoms with Crippen molar-refractivity contribution in [3.05, 3.63) is 11.6 Å². The second-order valence-electron chi connectivity index (χ2n) is 1.91. The third kappa shape index (κ3) is 2.62. The molecule has 1 rings (SSSR count). The molecule has 0 aromatic carbocycles. The zero-order valence-electron chi connectivity index (χ0n) is 4.93. The topological polar surface area (TPSA) is 20.2 Å². The van der Waals surface area contributed by atoms with Crippen molar-refractivity contribution in [3.8, 4) is 0 Å². The standard InChI is InChI=1S/C6H10O.Ac/c7-5-6-3-1-2-4-6;/h3,7H,1-2,4-5H2;. The zero-order chi connectivity index (χ0) is 5.11. The van der Waals surface area contributed by atoms with Crippen molar-refractivity contribution in [1.82, 2.24) is 0 Å². The molecule has 0 aliphatic heterocycles. The molecule has 1 nitrogen and oxygen atoms in total. The molecule has 1 aliphatic carbocycles. The Kier molecular flexibility index (Phi) is 5.68. The Bertz CT molecular complexity index is 88.5. The Morgan fingerprint density at radius 3 is 2.62 bits per heavy atom. The molecule has 1 radical (unpaired) electrons. The molecule has 0 bridgehead atoms. The summed E-state index contributed by atoms with van der Waals surface area (Å²) >= 11 is 0. The van der Waals surface area contributed by atoms with Crippen LogP contribution < -0.4 is 0 Å². The Balaban J connectivity index is 0.000000490. The zero-order valence-corrected chi connectivity index (χ0v) is 9.68. The predicted octanol–water partition coefficient (Wildman–Crippen LogP) is 1.09. The largest absolute Gasteiger partial charge is 0.392 e. The van der Waals surface area contributed by atoms with Crippen LogP contribution in [0, 0.1) is 44.1 Å². The van der Waals surface area contributed by atoms with Gasteiger partial charge in [0.1, 0.15) is 0 Å². The fourth-order valence-corrected chi connectivity index (χ4v) is 0.881. The molecule has 0 saturated carbocycles. The maximum absolute atomic E-state index is 8.50. The van der Waals surface area contributed by atoms with E-state index in [2.05, 4.69) is 6.08 Å². The van der Waals surface area contributed by atoms with Gasteiger partial charge in [-0.05, 0) is 24.8 Å². The van der Waals surface area contributed by atoms with Gasteiger partial charge in [-0.15, -0.1) is 0 Å². The predicted molar refractivity (Wildman–Crippen MR) is 29.0 cm³/mol. The van der Waals surface area contributed by atoms with Gasteiger partial charge in [-0.1, -0.05) is 6.08 Å². The average molecular weight is 325 g/mol. The minimum atomic E-state index is 0. The van der Waals surface area contributed by atoms with Gasteiger partial charge in [-0.3, -0.25) is 0 Å². The SMILES string of the molecule is OCC1=CCCC1.[Ac]. The van der Waals surface area contributed by atoms with Crippen LogP contribution in [0.4, 0.5) is 0 Å². The first-order valence-electron chi connectivity index (χ1n) is 2.72. The fourth-order valence-electron chi connectivity index (χ4n) is 0.881. The van der Waals surface area contributed by atoms with E-state index >= 15 is 0 Å². The summed E-state index contributed by atoms with van der Waals surface area (Å²) < 4.78 is 0. The maximum atomic E-state index is 8.50. The number of aliphatic hydroxyl groups is 1. The summed E-state index contributed by atoms with van der Waals surface area (Å²) in [6.45, 7) is 0.278. The van der Waals surface area contributed by atoms with E-state index in [1.807, 2.05) is 0 Å². The Hall–Kier alpha value is 1.14. The van der Waals surface area contributed by atoms with Crippen molar-refractivity contribution in [2.24, 2.45) is 0 Å². The Morgan fingerprint density at radius 1 is 1.62 bits per heavy atom. The molecule has 0 saturated heterocycles. The minimum absolute atomic E-state index is 0. The van der Waals surface area contributed by atoms with Gasteiger partial charge in [0.2, 0.25) is 0 Å². The summed E-state index contributed by atoms with van der Waals surface area (Å²) in [5, 5.41) is 8.50. The maximum Gasteiger partial charge on any atom is 0.0641 e. The Labute approximate surface area is 85.7 Å². The van der Waals surface area contributed by atoms with Crippen LogP contribution in [0.5, 0.6) is 0 Å². The fraction of sp³-hybridized carbons (Fsp3) is 0.667. The van der Waals surface area contributed by atoms with E-state index in [1.54, 1.807) is 0 Å². The van der Waals surface area contributed by atoms with Crippen LogP contribution in [0.15, 0.2) is 11.6 Å². The summed E-state index contributed by atoms with van der Waals surface area (Å²) in [7, 11) is 0. The van der Waals surface area contributed by atoms with Crippen LogP contribution in [0.2, 0.25) is 0 Å². The van der Waals surface area contributed by atoms with Crippen molar-refractivity contribution in [1.29, 1.82) is 0 Å². The van der Waals surface area contributed by atoms with Crippen LogP contribution in [0.3, 0.4) is 0 Å². The third-order valence-corrected chi connectivity index (χ3v) is 1.34. The molecular weight excluding hydrogens is 315 g/mol. The second-order valence-corrected chi connectivity index (χ2v) is 1.91. The van der Waals surface area contributed by atoms with Crippen molar-refractivity contribution < 1.29 is 49.2 Å². The number of hydrogen-bond donors (Lipinski definition) is 1. The molecule has 1 aliphatic rings. The first kappa shape index (κ1) is 9.14. The first-order chi connectivity index (χ1) is 3.43. The molecule has 0 unspecified atom stereocenters. The second kappa shape index (κ2) is 4.97. The van der Waals surface area contributed by atoms with Gasteiger partial charge in [0.25, 0.3) is 0 Å². The minimum Gasteiger partial charge on any atom is -0.392 e. The van der Waals surface area contributed by atoms with Gasteiger partial charge in [0.15, 0.2) is 0 Å². The van der Waals surface area contributed by atoms with Crippen molar-refractivity contribution in [2.45, 2.75) is 19.3 Å². The van der Waals surface area contributed by atoms with E-state index < -0.39 is 0 Å². The number of allylic oxidation sites excluding steroid dienone is 1. The van der Waals surface area contributed by atoms with Crippen LogP contribution in [-0.4, -0.2) is 11.7 Å². The van der Waals surface area contributed by atoms with E-state index in [1.165, 1.54) is 18.4 Å².